The summed E-state index contributed by atoms with van der Waals surface area (Å²) in [6.45, 7) is 3.31. The molecule has 178 valence electrons. The minimum Gasteiger partial charge on any atom is -0.507 e. The Labute approximate surface area is 196 Å². The van der Waals surface area contributed by atoms with Crippen LogP contribution in [-0.4, -0.2) is 78.0 Å². The van der Waals surface area contributed by atoms with Crippen LogP contribution < -0.4 is 4.74 Å². The standard InChI is InChI=1S/C24H25N3O7/c1-33-19-7-5-16(6-8-19)22(28)20-21(17-3-2-4-18(15-17)27(31)32)26(24(30)23(20)29)10-9-25-11-13-34-14-12-25/h2-8,15,21,28H,9-14H2,1H3/t21-/m1/s1. The molecule has 2 aliphatic heterocycles. The van der Waals surface area contributed by atoms with E-state index in [1.807, 2.05) is 0 Å². The molecule has 2 aromatic rings. The van der Waals surface area contributed by atoms with Crippen molar-refractivity contribution in [3.05, 3.63) is 75.3 Å². The predicted molar refractivity (Wildman–Crippen MR) is 122 cm³/mol. The molecule has 0 unspecified atom stereocenters. The second-order valence-corrected chi connectivity index (χ2v) is 8.03. The molecule has 1 N–H and O–H groups in total. The van der Waals surface area contributed by atoms with E-state index in [1.54, 1.807) is 30.3 Å². The molecule has 0 spiro atoms. The molecule has 10 nitrogen and oxygen atoms in total. The number of carbonyl (C=O) groups is 2. The fourth-order valence-electron chi connectivity index (χ4n) is 4.24. The number of hydrogen-bond acceptors (Lipinski definition) is 8. The molecular formula is C24H25N3O7. The molecule has 0 aliphatic carbocycles. The minimum atomic E-state index is -0.956. The molecule has 2 saturated heterocycles. The number of aliphatic hydroxyl groups excluding tert-OH is 1. The van der Waals surface area contributed by atoms with Crippen LogP contribution in [0.1, 0.15) is 17.2 Å². The van der Waals surface area contributed by atoms with E-state index in [2.05, 4.69) is 4.90 Å². The third kappa shape index (κ3) is 4.63. The summed E-state index contributed by atoms with van der Waals surface area (Å²) in [5.41, 5.74) is 0.450. The largest absolute Gasteiger partial charge is 0.507 e. The quantitative estimate of drug-likeness (QED) is 0.217. The maximum atomic E-state index is 13.1. The van der Waals surface area contributed by atoms with E-state index in [9.17, 15) is 24.8 Å². The number of likely N-dealkylation sites (tertiary alicyclic amines) is 1. The van der Waals surface area contributed by atoms with Gasteiger partial charge in [-0.05, 0) is 29.8 Å². The van der Waals surface area contributed by atoms with Crippen molar-refractivity contribution in [2.75, 3.05) is 46.5 Å². The van der Waals surface area contributed by atoms with Crippen molar-refractivity contribution in [2.24, 2.45) is 0 Å². The maximum absolute atomic E-state index is 13.1. The van der Waals surface area contributed by atoms with E-state index in [0.29, 0.717) is 49.7 Å². The van der Waals surface area contributed by atoms with Crippen LogP contribution in [0, 0.1) is 10.1 Å². The van der Waals surface area contributed by atoms with Gasteiger partial charge in [-0.25, -0.2) is 0 Å². The van der Waals surface area contributed by atoms with Gasteiger partial charge in [0, 0.05) is 43.9 Å². The van der Waals surface area contributed by atoms with Crippen LogP contribution >= 0.6 is 0 Å². The number of nitrogens with zero attached hydrogens (tertiary/aromatic N) is 3. The first-order valence-electron chi connectivity index (χ1n) is 10.9. The first-order chi connectivity index (χ1) is 16.4. The lowest BCUT2D eigenvalue weighted by Crippen LogP contribution is -2.42. The van der Waals surface area contributed by atoms with Gasteiger partial charge in [0.2, 0.25) is 0 Å². The summed E-state index contributed by atoms with van der Waals surface area (Å²) < 4.78 is 10.5. The highest BCUT2D eigenvalue weighted by molar-refractivity contribution is 6.46. The van der Waals surface area contributed by atoms with Gasteiger partial charge in [0.15, 0.2) is 0 Å². The zero-order valence-electron chi connectivity index (χ0n) is 18.7. The first-order valence-corrected chi connectivity index (χ1v) is 10.9. The fraction of sp³-hybridized carbons (Fsp3) is 0.333. The molecule has 2 fully saturated rings. The highest BCUT2D eigenvalue weighted by Crippen LogP contribution is 2.40. The second kappa shape index (κ2) is 10.0. The molecule has 10 heteroatoms. The summed E-state index contributed by atoms with van der Waals surface area (Å²) in [5.74, 6) is -1.35. The fourth-order valence-corrected chi connectivity index (χ4v) is 4.24. The molecule has 0 radical (unpaired) electrons. The number of ether oxygens (including phenoxy) is 2. The SMILES string of the molecule is COc1ccc(C(O)=C2C(=O)C(=O)N(CCN3CCOCC3)[C@@H]2c2cccc([N+](=O)[O-])c2)cc1. The smallest absolute Gasteiger partial charge is 0.295 e. The Bertz CT molecular complexity index is 1120. The lowest BCUT2D eigenvalue weighted by molar-refractivity contribution is -0.384. The minimum absolute atomic E-state index is 0.0994. The van der Waals surface area contributed by atoms with Crippen LogP contribution in [0.15, 0.2) is 54.1 Å². The van der Waals surface area contributed by atoms with E-state index in [1.165, 1.54) is 30.2 Å². The summed E-state index contributed by atoms with van der Waals surface area (Å²) >= 11 is 0. The lowest BCUT2D eigenvalue weighted by atomic mass is 9.95. The van der Waals surface area contributed by atoms with E-state index >= 15 is 0 Å². The third-order valence-electron chi connectivity index (χ3n) is 6.06. The summed E-state index contributed by atoms with van der Waals surface area (Å²) in [6.07, 6.45) is 0. The predicted octanol–water partition coefficient (Wildman–Crippen LogP) is 2.36. The Balaban J connectivity index is 1.76. The summed E-state index contributed by atoms with van der Waals surface area (Å²) in [5, 5.41) is 22.5. The van der Waals surface area contributed by atoms with Gasteiger partial charge in [-0.2, -0.15) is 0 Å². The Morgan fingerprint density at radius 2 is 1.85 bits per heavy atom. The third-order valence-corrected chi connectivity index (χ3v) is 6.06. The number of ketones is 1. The highest BCUT2D eigenvalue weighted by atomic mass is 16.6. The number of benzene rings is 2. The van der Waals surface area contributed by atoms with Crippen molar-refractivity contribution in [1.29, 1.82) is 0 Å². The summed E-state index contributed by atoms with van der Waals surface area (Å²) in [7, 11) is 1.51. The maximum Gasteiger partial charge on any atom is 0.295 e. The van der Waals surface area contributed by atoms with E-state index in [4.69, 9.17) is 9.47 Å². The summed E-state index contributed by atoms with van der Waals surface area (Å²) in [4.78, 5) is 40.5. The number of morpholine rings is 1. The molecule has 34 heavy (non-hydrogen) atoms. The van der Waals surface area contributed by atoms with Crippen LogP contribution in [0.25, 0.3) is 5.76 Å². The van der Waals surface area contributed by atoms with Gasteiger partial charge in [0.1, 0.15) is 11.5 Å². The number of amides is 1. The molecule has 0 saturated carbocycles. The molecular weight excluding hydrogens is 442 g/mol. The summed E-state index contributed by atoms with van der Waals surface area (Å²) in [6, 6.07) is 11.3. The number of Topliss-reactive ketones (excluding diaryl/α,β-unsaturated/α-hetero) is 1. The Hall–Kier alpha value is -3.76. The van der Waals surface area contributed by atoms with Gasteiger partial charge in [-0.1, -0.05) is 12.1 Å². The number of aliphatic hydroxyl groups is 1. The van der Waals surface area contributed by atoms with Crippen molar-refractivity contribution >= 4 is 23.1 Å². The highest BCUT2D eigenvalue weighted by Gasteiger charge is 2.46. The van der Waals surface area contributed by atoms with Gasteiger partial charge >= 0.3 is 0 Å². The molecule has 4 rings (SSSR count). The molecule has 1 atom stereocenters. The van der Waals surface area contributed by atoms with E-state index < -0.39 is 22.7 Å². The van der Waals surface area contributed by atoms with E-state index in [0.717, 1.165) is 0 Å². The number of methoxy groups -OCH3 is 1. The Morgan fingerprint density at radius 1 is 1.15 bits per heavy atom. The monoisotopic (exact) mass is 467 g/mol. The van der Waals surface area contributed by atoms with Gasteiger partial charge in [-0.15, -0.1) is 0 Å². The zero-order valence-corrected chi connectivity index (χ0v) is 18.7. The number of nitro benzene ring substituents is 1. The van der Waals surface area contributed by atoms with Crippen LogP contribution in [0.4, 0.5) is 5.69 Å². The van der Waals surface area contributed by atoms with Crippen molar-refractivity contribution in [3.8, 4) is 5.75 Å². The second-order valence-electron chi connectivity index (χ2n) is 8.03. The molecule has 1 amide bonds. The van der Waals surface area contributed by atoms with Crippen LogP contribution in [-0.2, 0) is 14.3 Å². The van der Waals surface area contributed by atoms with Crippen molar-refractivity contribution in [3.63, 3.8) is 0 Å². The molecule has 0 bridgehead atoms. The zero-order chi connectivity index (χ0) is 24.2. The van der Waals surface area contributed by atoms with Crippen LogP contribution in [0.2, 0.25) is 0 Å². The van der Waals surface area contributed by atoms with Gasteiger partial charge < -0.3 is 19.5 Å². The number of hydrogen-bond donors (Lipinski definition) is 1. The first kappa shape index (κ1) is 23.4. The Morgan fingerprint density at radius 3 is 2.50 bits per heavy atom. The molecule has 2 aromatic carbocycles. The normalized spacial score (nSPS) is 20.5. The topological polar surface area (TPSA) is 122 Å². The lowest BCUT2D eigenvalue weighted by Gasteiger charge is -2.31. The van der Waals surface area contributed by atoms with Gasteiger partial charge in [-0.3, -0.25) is 24.6 Å². The van der Waals surface area contributed by atoms with E-state index in [-0.39, 0.29) is 23.6 Å². The van der Waals surface area contributed by atoms with Crippen molar-refractivity contribution in [1.82, 2.24) is 9.80 Å². The van der Waals surface area contributed by atoms with Gasteiger partial charge in [0.25, 0.3) is 17.4 Å². The van der Waals surface area contributed by atoms with Crippen molar-refractivity contribution in [2.45, 2.75) is 6.04 Å². The average molecular weight is 467 g/mol. The molecule has 2 heterocycles. The number of non-ortho nitro benzene ring substituents is 1. The molecule has 0 aromatic heterocycles. The number of rotatable bonds is 7. The molecule has 2 aliphatic rings. The van der Waals surface area contributed by atoms with Gasteiger partial charge in [0.05, 0.1) is 36.9 Å². The van der Waals surface area contributed by atoms with Crippen LogP contribution in [0.3, 0.4) is 0 Å². The number of nitro groups is 1. The number of carbonyl (C=O) groups excluding carboxylic acids is 2. The average Bonchev–Trinajstić information content (AvgIpc) is 3.12. The van der Waals surface area contributed by atoms with Crippen molar-refractivity contribution < 1.29 is 29.1 Å². The van der Waals surface area contributed by atoms with Crippen LogP contribution in [0.5, 0.6) is 5.75 Å². The Kier molecular flexibility index (Phi) is 6.90.